The molecule has 1 aliphatic rings. The van der Waals surface area contributed by atoms with E-state index in [1.807, 2.05) is 0 Å². The lowest BCUT2D eigenvalue weighted by atomic mass is 9.95. The average molecular weight is 438 g/mol. The molecule has 0 fully saturated rings. The number of furan rings is 1. The molecule has 0 saturated heterocycles. The Morgan fingerprint density at radius 2 is 1.84 bits per heavy atom. The second-order valence-electron chi connectivity index (χ2n) is 6.81. The zero-order chi connectivity index (χ0) is 21.7. The van der Waals surface area contributed by atoms with Gasteiger partial charge < -0.3 is 9.52 Å². The Labute approximate surface area is 177 Å². The minimum atomic E-state index is -1.07. The maximum absolute atomic E-state index is 13.6. The van der Waals surface area contributed by atoms with Crippen molar-refractivity contribution in [1.82, 2.24) is 4.98 Å². The molecule has 2 aromatic heterocycles. The number of hydrogen-bond donors (Lipinski definition) is 1. The lowest BCUT2D eigenvalue weighted by molar-refractivity contribution is -0.117. The first-order valence-electron chi connectivity index (χ1n) is 9.10. The molecule has 4 aromatic rings. The van der Waals surface area contributed by atoms with Gasteiger partial charge in [-0.25, -0.2) is 13.8 Å². The molecule has 31 heavy (non-hydrogen) atoms. The number of ketones is 1. The van der Waals surface area contributed by atoms with E-state index in [2.05, 4.69) is 4.98 Å². The molecule has 0 bridgehead atoms. The number of carbonyl (C=O) groups is 2. The van der Waals surface area contributed by atoms with E-state index in [1.165, 1.54) is 60.9 Å². The minimum Gasteiger partial charge on any atom is -0.503 e. The number of rotatable bonds is 4. The Kier molecular flexibility index (Phi) is 4.40. The summed E-state index contributed by atoms with van der Waals surface area (Å²) in [5.41, 5.74) is 0.633. The molecule has 0 spiro atoms. The topological polar surface area (TPSA) is 83.6 Å². The number of Topliss-reactive ketones (excluding diaryl/α,β-unsaturated/α-hetero) is 1. The molecule has 1 atom stereocenters. The number of aliphatic hydroxyl groups excluding tert-OH is 1. The monoisotopic (exact) mass is 438 g/mol. The third-order valence-corrected chi connectivity index (χ3v) is 5.95. The number of fused-ring (bicyclic) bond motifs is 1. The molecule has 0 unspecified atom stereocenters. The fraction of sp³-hybridized carbons (Fsp3) is 0.0455. The van der Waals surface area contributed by atoms with Gasteiger partial charge in [0.2, 0.25) is 5.78 Å². The van der Waals surface area contributed by atoms with Crippen LogP contribution in [-0.4, -0.2) is 21.8 Å². The number of benzene rings is 2. The molecule has 2 aromatic carbocycles. The zero-order valence-electron chi connectivity index (χ0n) is 15.6. The van der Waals surface area contributed by atoms with Gasteiger partial charge in [0.15, 0.2) is 16.7 Å². The maximum atomic E-state index is 13.6. The normalized spacial score (nSPS) is 16.5. The molecule has 1 N–H and O–H groups in total. The van der Waals surface area contributed by atoms with Gasteiger partial charge in [-0.15, -0.1) is 0 Å². The summed E-state index contributed by atoms with van der Waals surface area (Å²) in [5.74, 6) is -3.29. The van der Waals surface area contributed by atoms with E-state index in [0.717, 1.165) is 16.2 Å². The minimum absolute atomic E-state index is 0.0605. The summed E-state index contributed by atoms with van der Waals surface area (Å²) in [5, 5.41) is 10.8. The number of anilines is 1. The highest BCUT2D eigenvalue weighted by Gasteiger charge is 2.46. The predicted molar refractivity (Wildman–Crippen MR) is 109 cm³/mol. The summed E-state index contributed by atoms with van der Waals surface area (Å²) < 4.78 is 32.8. The number of amides is 1. The highest BCUT2D eigenvalue weighted by atomic mass is 32.1. The zero-order valence-corrected chi connectivity index (χ0v) is 16.4. The number of carbonyl (C=O) groups excluding carboxylic acids is 2. The smallest absolute Gasteiger partial charge is 0.296 e. The average Bonchev–Trinajstić information content (AvgIpc) is 3.47. The van der Waals surface area contributed by atoms with Crippen molar-refractivity contribution in [3.63, 3.8) is 0 Å². The fourth-order valence-electron chi connectivity index (χ4n) is 3.52. The molecule has 1 amide bonds. The number of aliphatic hydroxyl groups is 1. The third-order valence-electron chi connectivity index (χ3n) is 4.93. The van der Waals surface area contributed by atoms with E-state index in [0.29, 0.717) is 15.8 Å². The molecule has 3 heterocycles. The van der Waals surface area contributed by atoms with E-state index in [9.17, 15) is 23.5 Å². The standard InChI is InChI=1S/C22H12F2N2O4S/c23-12-5-3-11(4-6-12)18-17(19(27)15-2-1-9-30-15)20(28)21(29)26(18)22-25-14-8-7-13(24)10-16(14)31-22/h1-10,18,28H/t18-/m0/s1. The third kappa shape index (κ3) is 3.10. The second kappa shape index (κ2) is 7.13. The first-order valence-corrected chi connectivity index (χ1v) is 9.92. The first kappa shape index (κ1) is 19.1. The van der Waals surface area contributed by atoms with Gasteiger partial charge in [-0.3, -0.25) is 14.5 Å². The van der Waals surface area contributed by atoms with Crippen LogP contribution in [0, 0.1) is 11.6 Å². The summed E-state index contributed by atoms with van der Waals surface area (Å²) in [6.07, 6.45) is 1.30. The van der Waals surface area contributed by atoms with Crippen LogP contribution in [0.25, 0.3) is 10.2 Å². The van der Waals surface area contributed by atoms with Crippen LogP contribution in [0.4, 0.5) is 13.9 Å². The van der Waals surface area contributed by atoms with Gasteiger partial charge in [0.05, 0.1) is 28.1 Å². The van der Waals surface area contributed by atoms with Gasteiger partial charge in [0, 0.05) is 0 Å². The Bertz CT molecular complexity index is 1360. The van der Waals surface area contributed by atoms with Gasteiger partial charge in [0.25, 0.3) is 5.91 Å². The van der Waals surface area contributed by atoms with Crippen LogP contribution in [0.5, 0.6) is 0 Å². The molecule has 1 aliphatic heterocycles. The highest BCUT2D eigenvalue weighted by molar-refractivity contribution is 7.22. The van der Waals surface area contributed by atoms with Crippen LogP contribution in [0.1, 0.15) is 22.2 Å². The number of halogens is 2. The second-order valence-corrected chi connectivity index (χ2v) is 7.82. The van der Waals surface area contributed by atoms with Gasteiger partial charge in [-0.2, -0.15) is 0 Å². The lowest BCUT2D eigenvalue weighted by Crippen LogP contribution is -2.30. The molecule has 0 radical (unpaired) electrons. The molecule has 9 heteroatoms. The molecule has 0 saturated carbocycles. The molecule has 0 aliphatic carbocycles. The quantitative estimate of drug-likeness (QED) is 0.456. The summed E-state index contributed by atoms with van der Waals surface area (Å²) in [6, 6.07) is 11.1. The molecule has 5 rings (SSSR count). The van der Waals surface area contributed by atoms with Crippen LogP contribution < -0.4 is 4.90 Å². The van der Waals surface area contributed by atoms with Crippen LogP contribution in [0.3, 0.4) is 0 Å². The van der Waals surface area contributed by atoms with E-state index in [4.69, 9.17) is 4.42 Å². The van der Waals surface area contributed by atoms with Crippen molar-refractivity contribution >= 4 is 38.4 Å². The van der Waals surface area contributed by atoms with Crippen molar-refractivity contribution < 1.29 is 27.9 Å². The fourth-order valence-corrected chi connectivity index (χ4v) is 4.54. The van der Waals surface area contributed by atoms with Crippen LogP contribution in [-0.2, 0) is 4.79 Å². The number of aromatic nitrogens is 1. The Balaban J connectivity index is 1.68. The number of thiazole rings is 1. The summed E-state index contributed by atoms with van der Waals surface area (Å²) in [4.78, 5) is 31.7. The van der Waals surface area contributed by atoms with Gasteiger partial charge in [-0.05, 0) is 48.0 Å². The number of hydrogen-bond acceptors (Lipinski definition) is 6. The maximum Gasteiger partial charge on any atom is 0.296 e. The van der Waals surface area contributed by atoms with Gasteiger partial charge in [0.1, 0.15) is 11.6 Å². The number of nitrogens with zero attached hydrogens (tertiary/aromatic N) is 2. The van der Waals surface area contributed by atoms with Gasteiger partial charge >= 0.3 is 0 Å². The molecule has 154 valence electrons. The Hall–Kier alpha value is -3.85. The highest BCUT2D eigenvalue weighted by Crippen LogP contribution is 2.44. The molecular weight excluding hydrogens is 426 g/mol. The Morgan fingerprint density at radius 3 is 2.55 bits per heavy atom. The van der Waals surface area contributed by atoms with Gasteiger partial charge in [-0.1, -0.05) is 23.5 Å². The van der Waals surface area contributed by atoms with E-state index < -0.39 is 35.1 Å². The van der Waals surface area contributed by atoms with Crippen molar-refractivity contribution in [2.45, 2.75) is 6.04 Å². The van der Waals surface area contributed by atoms with Crippen molar-refractivity contribution in [2.75, 3.05) is 4.90 Å². The van der Waals surface area contributed by atoms with E-state index >= 15 is 0 Å². The van der Waals surface area contributed by atoms with Crippen molar-refractivity contribution in [2.24, 2.45) is 0 Å². The first-order chi connectivity index (χ1) is 14.9. The molecule has 6 nitrogen and oxygen atoms in total. The summed E-state index contributed by atoms with van der Waals surface area (Å²) >= 11 is 1.03. The lowest BCUT2D eigenvalue weighted by Gasteiger charge is -2.24. The van der Waals surface area contributed by atoms with E-state index in [-0.39, 0.29) is 16.5 Å². The summed E-state index contributed by atoms with van der Waals surface area (Å²) in [6.45, 7) is 0. The SMILES string of the molecule is O=C(C1=C(O)C(=O)N(c2nc3ccc(F)cc3s2)[C@H]1c1ccc(F)cc1)c1ccco1. The van der Waals surface area contributed by atoms with Crippen LogP contribution >= 0.6 is 11.3 Å². The van der Waals surface area contributed by atoms with Crippen LogP contribution in [0.15, 0.2) is 76.6 Å². The Morgan fingerprint density at radius 1 is 1.10 bits per heavy atom. The van der Waals surface area contributed by atoms with Crippen molar-refractivity contribution in [1.29, 1.82) is 0 Å². The summed E-state index contributed by atoms with van der Waals surface area (Å²) in [7, 11) is 0. The largest absolute Gasteiger partial charge is 0.503 e. The van der Waals surface area contributed by atoms with Crippen LogP contribution in [0.2, 0.25) is 0 Å². The molecular formula is C22H12F2N2O4S. The van der Waals surface area contributed by atoms with E-state index in [1.54, 1.807) is 0 Å². The van der Waals surface area contributed by atoms with Crippen molar-refractivity contribution in [3.05, 3.63) is 95.2 Å². The predicted octanol–water partition coefficient (Wildman–Crippen LogP) is 4.95. The van der Waals surface area contributed by atoms with Crippen molar-refractivity contribution in [3.8, 4) is 0 Å².